The smallest absolute Gasteiger partial charge is 0.301 e. The van der Waals surface area contributed by atoms with Crippen molar-refractivity contribution >= 4 is 33.4 Å². The van der Waals surface area contributed by atoms with E-state index in [1.54, 1.807) is 22.5 Å². The van der Waals surface area contributed by atoms with E-state index in [0.29, 0.717) is 23.0 Å². The first kappa shape index (κ1) is 18.1. The third-order valence-electron chi connectivity index (χ3n) is 5.76. The van der Waals surface area contributed by atoms with Crippen LogP contribution in [0.3, 0.4) is 0 Å². The molecule has 142 valence electrons. The number of carbonyl (C=O) groups excluding carboxylic acids is 1. The number of hydrogen-bond donors (Lipinski definition) is 1. The van der Waals surface area contributed by atoms with Gasteiger partial charge in [0.1, 0.15) is 0 Å². The molecule has 8 heteroatoms. The third kappa shape index (κ3) is 3.44. The normalized spacial score (nSPS) is 26.3. The largest absolute Gasteiger partial charge is 0.339 e. The summed E-state index contributed by atoms with van der Waals surface area (Å²) in [5.41, 5.74) is 0.745. The van der Waals surface area contributed by atoms with Crippen LogP contribution in [0.4, 0.5) is 5.69 Å². The maximum Gasteiger partial charge on any atom is 0.301 e. The summed E-state index contributed by atoms with van der Waals surface area (Å²) >= 11 is 6.21. The monoisotopic (exact) mass is 397 g/mol. The molecular formula is C18H24ClN3O3S. The van der Waals surface area contributed by atoms with Crippen LogP contribution in [-0.4, -0.2) is 49.2 Å². The minimum Gasteiger partial charge on any atom is -0.339 e. The first-order valence-electron chi connectivity index (χ1n) is 9.32. The lowest BCUT2D eigenvalue weighted by Gasteiger charge is -2.28. The van der Waals surface area contributed by atoms with E-state index in [1.165, 1.54) is 0 Å². The number of carbonyl (C=O) groups is 1. The average Bonchev–Trinajstić information content (AvgIpc) is 3.27. The van der Waals surface area contributed by atoms with Crippen molar-refractivity contribution in [1.82, 2.24) is 9.21 Å². The zero-order valence-corrected chi connectivity index (χ0v) is 16.2. The molecule has 3 aliphatic rings. The standard InChI is InChI=1S/C18H24ClN3O3S/c19-16-7-5-14(18(23)21-8-2-1-3-9-21)11-17(16)20-26(24,25)22-12-13-4-6-15(22)10-13/h5,7,11,13,15,20H,1-4,6,8-10,12H2. The van der Waals surface area contributed by atoms with Gasteiger partial charge < -0.3 is 4.90 Å². The highest BCUT2D eigenvalue weighted by Gasteiger charge is 2.44. The van der Waals surface area contributed by atoms with E-state index < -0.39 is 10.2 Å². The topological polar surface area (TPSA) is 69.7 Å². The number of rotatable bonds is 4. The van der Waals surface area contributed by atoms with Crippen molar-refractivity contribution in [2.75, 3.05) is 24.4 Å². The summed E-state index contributed by atoms with van der Waals surface area (Å²) < 4.78 is 29.7. The number of likely N-dealkylation sites (tertiary alicyclic amines) is 1. The van der Waals surface area contributed by atoms with E-state index in [0.717, 1.165) is 51.6 Å². The summed E-state index contributed by atoms with van der Waals surface area (Å²) in [4.78, 5) is 14.5. The fourth-order valence-electron chi connectivity index (χ4n) is 4.39. The van der Waals surface area contributed by atoms with Crippen molar-refractivity contribution < 1.29 is 13.2 Å². The molecule has 1 saturated carbocycles. The van der Waals surface area contributed by atoms with Gasteiger partial charge in [0.25, 0.3) is 5.91 Å². The van der Waals surface area contributed by atoms with Crippen LogP contribution in [-0.2, 0) is 10.2 Å². The lowest BCUT2D eigenvalue weighted by molar-refractivity contribution is 0.0724. The molecule has 1 amide bonds. The minimum absolute atomic E-state index is 0.0676. The molecule has 6 nitrogen and oxygen atoms in total. The van der Waals surface area contributed by atoms with Crippen LogP contribution in [0.1, 0.15) is 48.9 Å². The molecule has 0 radical (unpaired) electrons. The number of anilines is 1. The number of hydrogen-bond acceptors (Lipinski definition) is 3. The average molecular weight is 398 g/mol. The second-order valence-corrected chi connectivity index (χ2v) is 9.59. The van der Waals surface area contributed by atoms with Crippen LogP contribution in [0.25, 0.3) is 0 Å². The zero-order chi connectivity index (χ0) is 18.3. The van der Waals surface area contributed by atoms with Crippen molar-refractivity contribution in [2.24, 2.45) is 5.92 Å². The third-order valence-corrected chi connectivity index (χ3v) is 7.64. The molecule has 0 aromatic heterocycles. The number of amides is 1. The van der Waals surface area contributed by atoms with Gasteiger partial charge in [-0.1, -0.05) is 11.6 Å². The minimum atomic E-state index is -3.66. The molecule has 2 heterocycles. The second kappa shape index (κ2) is 7.02. The van der Waals surface area contributed by atoms with Crippen molar-refractivity contribution in [3.8, 4) is 0 Å². The van der Waals surface area contributed by atoms with Gasteiger partial charge >= 0.3 is 10.2 Å². The molecular weight excluding hydrogens is 374 g/mol. The Morgan fingerprint density at radius 2 is 1.92 bits per heavy atom. The molecule has 1 aromatic carbocycles. The molecule has 2 unspecified atom stereocenters. The number of nitrogens with one attached hydrogen (secondary N) is 1. The first-order chi connectivity index (χ1) is 12.4. The lowest BCUT2D eigenvalue weighted by atomic mass is 10.1. The van der Waals surface area contributed by atoms with Crippen molar-refractivity contribution in [2.45, 2.75) is 44.6 Å². The molecule has 1 aliphatic carbocycles. The Balaban J connectivity index is 1.53. The van der Waals surface area contributed by atoms with Crippen LogP contribution in [0.5, 0.6) is 0 Å². The number of fused-ring (bicyclic) bond motifs is 2. The van der Waals surface area contributed by atoms with Crippen molar-refractivity contribution in [3.63, 3.8) is 0 Å². The van der Waals surface area contributed by atoms with Crippen molar-refractivity contribution in [1.29, 1.82) is 0 Å². The number of piperidine rings is 2. The van der Waals surface area contributed by atoms with Crippen LogP contribution in [0, 0.1) is 5.92 Å². The lowest BCUT2D eigenvalue weighted by Crippen LogP contribution is -2.41. The van der Waals surface area contributed by atoms with Gasteiger partial charge in [-0.3, -0.25) is 9.52 Å². The summed E-state index contributed by atoms with van der Waals surface area (Å²) in [6.45, 7) is 2.07. The highest BCUT2D eigenvalue weighted by molar-refractivity contribution is 7.90. The quantitative estimate of drug-likeness (QED) is 0.848. The first-order valence-corrected chi connectivity index (χ1v) is 11.1. The predicted molar refractivity (Wildman–Crippen MR) is 102 cm³/mol. The van der Waals surface area contributed by atoms with Crippen molar-refractivity contribution in [3.05, 3.63) is 28.8 Å². The summed E-state index contributed by atoms with van der Waals surface area (Å²) in [6.07, 6.45) is 6.15. The molecule has 4 rings (SSSR count). The molecule has 2 aliphatic heterocycles. The second-order valence-electron chi connectivity index (χ2n) is 7.56. The maximum atomic E-state index is 12.8. The maximum absolute atomic E-state index is 12.8. The number of nitrogens with zero attached hydrogens (tertiary/aromatic N) is 2. The van der Waals surface area contributed by atoms with E-state index in [4.69, 9.17) is 11.6 Å². The summed E-state index contributed by atoms with van der Waals surface area (Å²) in [6, 6.07) is 4.90. The molecule has 1 aromatic rings. The van der Waals surface area contributed by atoms with Gasteiger partial charge in [0.15, 0.2) is 0 Å². The molecule has 1 N–H and O–H groups in total. The van der Waals surface area contributed by atoms with Gasteiger partial charge in [-0.25, -0.2) is 0 Å². The van der Waals surface area contributed by atoms with Gasteiger partial charge in [0, 0.05) is 31.2 Å². The summed E-state index contributed by atoms with van der Waals surface area (Å²) in [5, 5.41) is 0.299. The Hall–Kier alpha value is -1.31. The van der Waals surface area contributed by atoms with E-state index in [2.05, 4.69) is 4.72 Å². The van der Waals surface area contributed by atoms with Gasteiger partial charge in [-0.15, -0.1) is 0 Å². The zero-order valence-electron chi connectivity index (χ0n) is 14.7. The number of halogens is 1. The van der Waals surface area contributed by atoms with E-state index in [9.17, 15) is 13.2 Å². The molecule has 3 fully saturated rings. The van der Waals surface area contributed by atoms with E-state index >= 15 is 0 Å². The molecule has 26 heavy (non-hydrogen) atoms. The van der Waals surface area contributed by atoms with Gasteiger partial charge in [0.05, 0.1) is 10.7 Å². The molecule has 2 bridgehead atoms. The Kier molecular flexibility index (Phi) is 4.88. The summed E-state index contributed by atoms with van der Waals surface area (Å²) in [5.74, 6) is 0.404. The fourth-order valence-corrected chi connectivity index (χ4v) is 6.16. The molecule has 2 atom stereocenters. The Labute approximate surface area is 159 Å². The van der Waals surface area contributed by atoms with Gasteiger partial charge in [-0.05, 0) is 62.6 Å². The molecule has 0 spiro atoms. The van der Waals surface area contributed by atoms with Crippen LogP contribution in [0.2, 0.25) is 5.02 Å². The van der Waals surface area contributed by atoms with Crippen LogP contribution >= 0.6 is 11.6 Å². The van der Waals surface area contributed by atoms with Crippen LogP contribution < -0.4 is 4.72 Å². The summed E-state index contributed by atoms with van der Waals surface area (Å²) in [7, 11) is -3.66. The van der Waals surface area contributed by atoms with E-state index in [-0.39, 0.29) is 17.6 Å². The Morgan fingerprint density at radius 1 is 1.15 bits per heavy atom. The highest BCUT2D eigenvalue weighted by Crippen LogP contribution is 2.39. The van der Waals surface area contributed by atoms with E-state index in [1.807, 2.05) is 4.90 Å². The number of benzene rings is 1. The molecule has 2 saturated heterocycles. The fraction of sp³-hybridized carbons (Fsp3) is 0.611. The van der Waals surface area contributed by atoms with Gasteiger partial charge in [0.2, 0.25) is 0 Å². The SMILES string of the molecule is O=C(c1ccc(Cl)c(NS(=O)(=O)N2CC3CCC2C3)c1)N1CCCCC1. The predicted octanol–water partition coefficient (Wildman–Crippen LogP) is 3.11. The van der Waals surface area contributed by atoms with Gasteiger partial charge in [-0.2, -0.15) is 12.7 Å². The Bertz CT molecular complexity index is 808. The van der Waals surface area contributed by atoms with Crippen LogP contribution in [0.15, 0.2) is 18.2 Å². The Morgan fingerprint density at radius 3 is 2.58 bits per heavy atom. The highest BCUT2D eigenvalue weighted by atomic mass is 35.5.